The van der Waals surface area contributed by atoms with Gasteiger partial charge in [0, 0.05) is 6.42 Å². The van der Waals surface area contributed by atoms with Gasteiger partial charge in [0.15, 0.2) is 11.6 Å². The van der Waals surface area contributed by atoms with E-state index >= 15 is 0 Å². The first kappa shape index (κ1) is 17.5. The molecule has 1 fully saturated rings. The minimum Gasteiger partial charge on any atom is -0.377 e. The lowest BCUT2D eigenvalue weighted by atomic mass is 9.75. The van der Waals surface area contributed by atoms with Gasteiger partial charge in [-0.3, -0.25) is 4.79 Å². The molecular weight excluding hydrogens is 331 g/mol. The molecule has 2 aromatic rings. The fraction of sp³-hybridized carbons (Fsp3) is 0.316. The minimum absolute atomic E-state index is 0.366. The standard InChI is InChI=1S/C19H18F3NO2/c1-13(15-10-6-3-7-11-15)23-16(19(20,21)22)18(25,17(23)24)12-14-8-4-2-5-9-14/h2-11,13,16,25H,12H2,1H3/t13-,16+,18+/m0/s1. The summed E-state index contributed by atoms with van der Waals surface area (Å²) in [6.07, 6.45) is -5.09. The van der Waals surface area contributed by atoms with Crippen LogP contribution in [0.3, 0.4) is 0 Å². The van der Waals surface area contributed by atoms with E-state index in [1.807, 2.05) is 0 Å². The molecule has 3 nitrogen and oxygen atoms in total. The molecular formula is C19H18F3NO2. The Labute approximate surface area is 143 Å². The summed E-state index contributed by atoms with van der Waals surface area (Å²) in [5.41, 5.74) is -1.39. The zero-order chi connectivity index (χ0) is 18.2. The summed E-state index contributed by atoms with van der Waals surface area (Å²) in [6, 6.07) is 13.7. The van der Waals surface area contributed by atoms with Gasteiger partial charge in [-0.1, -0.05) is 60.7 Å². The SMILES string of the molecule is C[C@@H](c1ccccc1)N1C(=O)[C@@](O)(Cc2ccccc2)[C@@H]1C(F)(F)F. The average Bonchev–Trinajstić information content (AvgIpc) is 2.59. The third kappa shape index (κ3) is 3.02. The number of nitrogens with zero attached hydrogens (tertiary/aromatic N) is 1. The molecule has 0 spiro atoms. The van der Waals surface area contributed by atoms with Crippen molar-refractivity contribution in [3.8, 4) is 0 Å². The maximum atomic E-state index is 13.6. The van der Waals surface area contributed by atoms with E-state index in [0.29, 0.717) is 11.1 Å². The molecule has 0 bridgehead atoms. The molecule has 1 amide bonds. The highest BCUT2D eigenvalue weighted by atomic mass is 19.4. The monoisotopic (exact) mass is 349 g/mol. The number of carbonyl (C=O) groups excluding carboxylic acids is 1. The summed E-state index contributed by atoms with van der Waals surface area (Å²) in [5.74, 6) is -0.893. The minimum atomic E-state index is -4.72. The van der Waals surface area contributed by atoms with E-state index in [4.69, 9.17) is 0 Å². The van der Waals surface area contributed by atoms with Crippen LogP contribution >= 0.6 is 0 Å². The number of amides is 1. The summed E-state index contributed by atoms with van der Waals surface area (Å²) in [6.45, 7) is 1.54. The third-order valence-corrected chi connectivity index (χ3v) is 4.66. The Morgan fingerprint density at radius 2 is 1.60 bits per heavy atom. The molecule has 0 aromatic heterocycles. The van der Waals surface area contributed by atoms with Gasteiger partial charge in [0.2, 0.25) is 0 Å². The number of halogens is 3. The maximum absolute atomic E-state index is 13.6. The van der Waals surface area contributed by atoms with Crippen molar-refractivity contribution in [2.45, 2.75) is 37.2 Å². The van der Waals surface area contributed by atoms with Crippen LogP contribution in [0.25, 0.3) is 0 Å². The van der Waals surface area contributed by atoms with Gasteiger partial charge in [0.25, 0.3) is 5.91 Å². The van der Waals surface area contributed by atoms with E-state index in [0.717, 1.165) is 4.90 Å². The fourth-order valence-electron chi connectivity index (χ4n) is 3.42. The Balaban J connectivity index is 1.93. The van der Waals surface area contributed by atoms with Crippen molar-refractivity contribution >= 4 is 5.91 Å². The number of β-lactam (4-membered cyclic amide) rings is 1. The average molecular weight is 349 g/mol. The van der Waals surface area contributed by atoms with Crippen LogP contribution in [0.4, 0.5) is 13.2 Å². The van der Waals surface area contributed by atoms with Gasteiger partial charge in [0.1, 0.15) is 0 Å². The molecule has 0 aliphatic carbocycles. The quantitative estimate of drug-likeness (QED) is 0.859. The van der Waals surface area contributed by atoms with Crippen LogP contribution < -0.4 is 0 Å². The van der Waals surface area contributed by atoms with Crippen molar-refractivity contribution in [2.24, 2.45) is 0 Å². The van der Waals surface area contributed by atoms with E-state index in [9.17, 15) is 23.1 Å². The van der Waals surface area contributed by atoms with E-state index in [2.05, 4.69) is 0 Å². The Bertz CT molecular complexity index is 748. The molecule has 1 N–H and O–H groups in total. The first-order valence-corrected chi connectivity index (χ1v) is 7.96. The topological polar surface area (TPSA) is 40.5 Å². The number of carbonyl (C=O) groups is 1. The molecule has 0 saturated carbocycles. The van der Waals surface area contributed by atoms with Crippen molar-refractivity contribution in [1.82, 2.24) is 4.90 Å². The van der Waals surface area contributed by atoms with Crippen LogP contribution in [-0.2, 0) is 11.2 Å². The van der Waals surface area contributed by atoms with Gasteiger partial charge in [-0.25, -0.2) is 0 Å². The normalized spacial score (nSPS) is 24.8. The summed E-state index contributed by atoms with van der Waals surface area (Å²) < 4.78 is 40.9. The first-order chi connectivity index (χ1) is 11.7. The van der Waals surface area contributed by atoms with Crippen LogP contribution in [0.2, 0.25) is 0 Å². The number of alkyl halides is 3. The number of aliphatic hydroxyl groups is 1. The van der Waals surface area contributed by atoms with E-state index < -0.39 is 29.8 Å². The Kier molecular flexibility index (Phi) is 4.33. The molecule has 1 saturated heterocycles. The molecule has 0 radical (unpaired) electrons. The lowest BCUT2D eigenvalue weighted by Crippen LogP contribution is -2.79. The van der Waals surface area contributed by atoms with E-state index in [1.165, 1.54) is 6.92 Å². The van der Waals surface area contributed by atoms with E-state index in [1.54, 1.807) is 60.7 Å². The number of hydrogen-bond acceptors (Lipinski definition) is 2. The van der Waals surface area contributed by atoms with Crippen molar-refractivity contribution < 1.29 is 23.1 Å². The molecule has 1 heterocycles. The van der Waals surface area contributed by atoms with Crippen LogP contribution in [0.15, 0.2) is 60.7 Å². The Morgan fingerprint density at radius 1 is 1.08 bits per heavy atom. The molecule has 132 valence electrons. The molecule has 1 aliphatic heterocycles. The second-order valence-corrected chi connectivity index (χ2v) is 6.33. The number of hydrogen-bond donors (Lipinski definition) is 1. The number of rotatable bonds is 4. The van der Waals surface area contributed by atoms with Gasteiger partial charge >= 0.3 is 6.18 Å². The van der Waals surface area contributed by atoms with Gasteiger partial charge in [-0.15, -0.1) is 0 Å². The summed E-state index contributed by atoms with van der Waals surface area (Å²) >= 11 is 0. The third-order valence-electron chi connectivity index (χ3n) is 4.66. The highest BCUT2D eigenvalue weighted by Gasteiger charge is 2.70. The van der Waals surface area contributed by atoms with Crippen LogP contribution in [-0.4, -0.2) is 33.7 Å². The Morgan fingerprint density at radius 3 is 2.12 bits per heavy atom. The highest BCUT2D eigenvalue weighted by molar-refractivity contribution is 5.94. The summed E-state index contributed by atoms with van der Waals surface area (Å²) in [4.78, 5) is 13.3. The highest BCUT2D eigenvalue weighted by Crippen LogP contribution is 2.47. The predicted molar refractivity (Wildman–Crippen MR) is 86.6 cm³/mol. The molecule has 0 unspecified atom stereocenters. The zero-order valence-electron chi connectivity index (χ0n) is 13.6. The van der Waals surface area contributed by atoms with Crippen LogP contribution in [0, 0.1) is 0 Å². The zero-order valence-corrected chi connectivity index (χ0v) is 13.6. The van der Waals surface area contributed by atoms with E-state index in [-0.39, 0.29) is 6.42 Å². The van der Waals surface area contributed by atoms with Gasteiger partial charge in [-0.05, 0) is 18.1 Å². The smallest absolute Gasteiger partial charge is 0.377 e. The van der Waals surface area contributed by atoms with Gasteiger partial charge < -0.3 is 10.0 Å². The summed E-state index contributed by atoms with van der Waals surface area (Å²) in [5, 5.41) is 10.6. The number of likely N-dealkylation sites (tertiary alicyclic amines) is 1. The van der Waals surface area contributed by atoms with Crippen LogP contribution in [0.1, 0.15) is 24.1 Å². The lowest BCUT2D eigenvalue weighted by molar-refractivity contribution is -0.275. The largest absolute Gasteiger partial charge is 0.412 e. The predicted octanol–water partition coefficient (Wildman–Crippen LogP) is 3.49. The second-order valence-electron chi connectivity index (χ2n) is 6.33. The van der Waals surface area contributed by atoms with Gasteiger partial charge in [0.05, 0.1) is 6.04 Å². The molecule has 3 atom stereocenters. The number of benzene rings is 2. The van der Waals surface area contributed by atoms with Crippen LogP contribution in [0.5, 0.6) is 0 Å². The Hall–Kier alpha value is -2.34. The fourth-order valence-corrected chi connectivity index (χ4v) is 3.42. The molecule has 2 aromatic carbocycles. The first-order valence-electron chi connectivity index (χ1n) is 7.96. The maximum Gasteiger partial charge on any atom is 0.412 e. The molecule has 6 heteroatoms. The van der Waals surface area contributed by atoms with Crippen molar-refractivity contribution in [3.63, 3.8) is 0 Å². The lowest BCUT2D eigenvalue weighted by Gasteiger charge is -2.55. The van der Waals surface area contributed by atoms with Crippen molar-refractivity contribution in [3.05, 3.63) is 71.8 Å². The van der Waals surface area contributed by atoms with Crippen molar-refractivity contribution in [2.75, 3.05) is 0 Å². The molecule has 25 heavy (non-hydrogen) atoms. The van der Waals surface area contributed by atoms with Gasteiger partial charge in [-0.2, -0.15) is 13.2 Å². The molecule has 3 rings (SSSR count). The van der Waals surface area contributed by atoms with Crippen molar-refractivity contribution in [1.29, 1.82) is 0 Å². The summed E-state index contributed by atoms with van der Waals surface area (Å²) in [7, 11) is 0. The second kappa shape index (κ2) is 6.19. The molecule has 1 aliphatic rings.